The number of nitro groups is 1. The lowest BCUT2D eigenvalue weighted by Crippen LogP contribution is -1.97. The van der Waals surface area contributed by atoms with Gasteiger partial charge in [-0.2, -0.15) is 0 Å². The van der Waals surface area contributed by atoms with Gasteiger partial charge in [0.05, 0.1) is 9.95 Å². The van der Waals surface area contributed by atoms with Crippen LogP contribution in [-0.2, 0) is 0 Å². The van der Waals surface area contributed by atoms with Gasteiger partial charge in [-0.25, -0.2) is 4.98 Å². The van der Waals surface area contributed by atoms with E-state index in [1.165, 1.54) is 37.4 Å². The normalized spacial score (nSPS) is 10.2. The van der Waals surface area contributed by atoms with Gasteiger partial charge in [-0.1, -0.05) is 11.6 Å². The molecule has 1 aromatic carbocycles. The lowest BCUT2D eigenvalue weighted by Gasteiger charge is -2.08. The van der Waals surface area contributed by atoms with Gasteiger partial charge in [-0.3, -0.25) is 14.9 Å². The minimum absolute atomic E-state index is 0.142. The van der Waals surface area contributed by atoms with E-state index in [1.807, 2.05) is 0 Å². The zero-order chi connectivity index (χ0) is 15.6. The average molecular weight is 372 g/mol. The molecule has 21 heavy (non-hydrogen) atoms. The number of benzene rings is 1. The standard InChI is InChI=1S/C13H8BrClN2O4/c1-7(18)8-2-3-12(10(15)4-8)21-13-11(17(19)20)5-9(14)6-16-13/h2-6H,1H3. The SMILES string of the molecule is CC(=O)c1ccc(Oc2ncc(Br)cc2[N+](=O)[O-])c(Cl)c1. The summed E-state index contributed by atoms with van der Waals surface area (Å²) in [6, 6.07) is 5.70. The first-order valence-corrected chi connectivity index (χ1v) is 6.84. The van der Waals surface area contributed by atoms with E-state index in [-0.39, 0.29) is 28.1 Å². The second kappa shape index (κ2) is 6.19. The summed E-state index contributed by atoms with van der Waals surface area (Å²) in [4.78, 5) is 25.5. The Bertz CT molecular complexity index is 736. The fourth-order valence-corrected chi connectivity index (χ4v) is 2.07. The maximum atomic E-state index is 11.2. The summed E-state index contributed by atoms with van der Waals surface area (Å²) in [5.74, 6) is -0.142. The molecule has 0 radical (unpaired) electrons. The van der Waals surface area contributed by atoms with Crippen LogP contribution < -0.4 is 4.74 Å². The second-order valence-electron chi connectivity index (χ2n) is 4.04. The van der Waals surface area contributed by atoms with E-state index in [0.29, 0.717) is 10.0 Å². The molecule has 0 amide bonds. The molecule has 0 spiro atoms. The van der Waals surface area contributed by atoms with Crippen LogP contribution in [-0.4, -0.2) is 15.7 Å². The number of pyridine rings is 1. The number of hydrogen-bond acceptors (Lipinski definition) is 5. The second-order valence-corrected chi connectivity index (χ2v) is 5.36. The number of rotatable bonds is 4. The summed E-state index contributed by atoms with van der Waals surface area (Å²) in [7, 11) is 0. The maximum absolute atomic E-state index is 11.2. The fourth-order valence-electron chi connectivity index (χ4n) is 1.53. The Kier molecular flexibility index (Phi) is 4.54. The number of ketones is 1. The first-order valence-electron chi connectivity index (χ1n) is 5.66. The van der Waals surface area contributed by atoms with Crippen molar-refractivity contribution in [3.05, 3.63) is 55.6 Å². The van der Waals surface area contributed by atoms with Crippen LogP contribution >= 0.6 is 27.5 Å². The van der Waals surface area contributed by atoms with Gasteiger partial charge in [-0.05, 0) is 41.1 Å². The summed E-state index contributed by atoms with van der Waals surface area (Å²) >= 11 is 9.11. The summed E-state index contributed by atoms with van der Waals surface area (Å²) < 4.78 is 5.83. The summed E-state index contributed by atoms with van der Waals surface area (Å²) in [6.45, 7) is 1.41. The lowest BCUT2D eigenvalue weighted by atomic mass is 10.1. The molecule has 0 bridgehead atoms. The molecule has 0 fully saturated rings. The molecular weight excluding hydrogens is 364 g/mol. The van der Waals surface area contributed by atoms with Crippen molar-refractivity contribution >= 4 is 39.0 Å². The molecule has 2 rings (SSSR count). The highest BCUT2D eigenvalue weighted by Crippen LogP contribution is 2.34. The van der Waals surface area contributed by atoms with Gasteiger partial charge in [0.25, 0.3) is 5.88 Å². The molecule has 2 aromatic rings. The maximum Gasteiger partial charge on any atom is 0.332 e. The van der Waals surface area contributed by atoms with E-state index in [9.17, 15) is 14.9 Å². The van der Waals surface area contributed by atoms with Crippen LogP contribution in [0.15, 0.2) is 34.9 Å². The Balaban J connectivity index is 2.39. The highest BCUT2D eigenvalue weighted by Gasteiger charge is 2.19. The monoisotopic (exact) mass is 370 g/mol. The van der Waals surface area contributed by atoms with Crippen molar-refractivity contribution in [3.8, 4) is 11.6 Å². The van der Waals surface area contributed by atoms with E-state index < -0.39 is 4.92 Å². The molecule has 8 heteroatoms. The first kappa shape index (κ1) is 15.4. The van der Waals surface area contributed by atoms with Crippen molar-refractivity contribution in [2.75, 3.05) is 0 Å². The highest BCUT2D eigenvalue weighted by atomic mass is 79.9. The molecule has 0 aliphatic heterocycles. The van der Waals surface area contributed by atoms with E-state index in [2.05, 4.69) is 20.9 Å². The number of Topliss-reactive ketones (excluding diaryl/α,β-unsaturated/α-hetero) is 1. The minimum atomic E-state index is -0.606. The largest absolute Gasteiger partial charge is 0.432 e. The third-order valence-corrected chi connectivity index (χ3v) is 3.27. The Morgan fingerprint density at radius 1 is 1.43 bits per heavy atom. The molecule has 1 aromatic heterocycles. The minimum Gasteiger partial charge on any atom is -0.432 e. The first-order chi connectivity index (χ1) is 9.88. The number of hydrogen-bond donors (Lipinski definition) is 0. The van der Waals surface area contributed by atoms with Crippen LogP contribution in [0.4, 0.5) is 5.69 Å². The predicted molar refractivity (Wildman–Crippen MR) is 80.1 cm³/mol. The van der Waals surface area contributed by atoms with Crippen molar-refractivity contribution < 1.29 is 14.5 Å². The van der Waals surface area contributed by atoms with E-state index in [0.717, 1.165) is 0 Å². The highest BCUT2D eigenvalue weighted by molar-refractivity contribution is 9.10. The van der Waals surface area contributed by atoms with Crippen molar-refractivity contribution in [2.45, 2.75) is 6.92 Å². The molecular formula is C13H8BrClN2O4. The van der Waals surface area contributed by atoms with Gasteiger partial charge in [-0.15, -0.1) is 0 Å². The predicted octanol–water partition coefficient (Wildman–Crippen LogP) is 4.40. The van der Waals surface area contributed by atoms with Crippen LogP contribution in [0, 0.1) is 10.1 Å². The third-order valence-electron chi connectivity index (χ3n) is 2.54. The van der Waals surface area contributed by atoms with Gasteiger partial charge >= 0.3 is 5.69 Å². The molecule has 0 atom stereocenters. The number of carbonyl (C=O) groups excluding carboxylic acids is 1. The Morgan fingerprint density at radius 3 is 2.71 bits per heavy atom. The molecule has 0 unspecified atom stereocenters. The Morgan fingerprint density at radius 2 is 2.14 bits per heavy atom. The molecule has 6 nitrogen and oxygen atoms in total. The molecule has 0 aliphatic rings. The summed E-state index contributed by atoms with van der Waals surface area (Å²) in [5.41, 5.74) is 0.127. The summed E-state index contributed by atoms with van der Waals surface area (Å²) in [6.07, 6.45) is 1.38. The Labute approximate surface area is 133 Å². The number of halogens is 2. The van der Waals surface area contributed by atoms with Crippen molar-refractivity contribution in [1.82, 2.24) is 4.98 Å². The van der Waals surface area contributed by atoms with Crippen molar-refractivity contribution in [1.29, 1.82) is 0 Å². The van der Waals surface area contributed by atoms with Gasteiger partial charge in [0, 0.05) is 22.3 Å². The fraction of sp³-hybridized carbons (Fsp3) is 0.0769. The third kappa shape index (κ3) is 3.56. The molecule has 0 N–H and O–H groups in total. The quantitative estimate of drug-likeness (QED) is 0.452. The number of ether oxygens (including phenoxy) is 1. The molecule has 108 valence electrons. The molecule has 0 aliphatic carbocycles. The van der Waals surface area contributed by atoms with Gasteiger partial charge in [0.1, 0.15) is 5.75 Å². The van der Waals surface area contributed by atoms with Crippen LogP contribution in [0.5, 0.6) is 11.6 Å². The zero-order valence-corrected chi connectivity index (χ0v) is 13.0. The van der Waals surface area contributed by atoms with Gasteiger partial charge in [0.2, 0.25) is 0 Å². The van der Waals surface area contributed by atoms with Crippen molar-refractivity contribution in [3.63, 3.8) is 0 Å². The smallest absolute Gasteiger partial charge is 0.332 e. The van der Waals surface area contributed by atoms with Gasteiger partial charge < -0.3 is 4.74 Å². The lowest BCUT2D eigenvalue weighted by molar-refractivity contribution is -0.386. The van der Waals surface area contributed by atoms with E-state index in [4.69, 9.17) is 16.3 Å². The average Bonchev–Trinajstić information content (AvgIpc) is 2.42. The summed E-state index contributed by atoms with van der Waals surface area (Å²) in [5, 5.41) is 11.1. The van der Waals surface area contributed by atoms with E-state index >= 15 is 0 Å². The number of carbonyl (C=O) groups is 1. The van der Waals surface area contributed by atoms with Crippen LogP contribution in [0.3, 0.4) is 0 Å². The van der Waals surface area contributed by atoms with Crippen molar-refractivity contribution in [2.24, 2.45) is 0 Å². The molecule has 0 saturated heterocycles. The molecule has 0 saturated carbocycles. The van der Waals surface area contributed by atoms with Crippen LogP contribution in [0.1, 0.15) is 17.3 Å². The number of aromatic nitrogens is 1. The van der Waals surface area contributed by atoms with Crippen LogP contribution in [0.2, 0.25) is 5.02 Å². The van der Waals surface area contributed by atoms with E-state index in [1.54, 1.807) is 0 Å². The number of nitrogens with zero attached hydrogens (tertiary/aromatic N) is 2. The van der Waals surface area contributed by atoms with Gasteiger partial charge in [0.15, 0.2) is 5.78 Å². The Hall–Kier alpha value is -1.99. The molecule has 1 heterocycles. The van der Waals surface area contributed by atoms with Crippen LogP contribution in [0.25, 0.3) is 0 Å². The zero-order valence-electron chi connectivity index (χ0n) is 10.7. The topological polar surface area (TPSA) is 82.3 Å².